The number of nitro benzene ring substituents is 1. The molecule has 3 atom stereocenters. The highest BCUT2D eigenvalue weighted by Gasteiger charge is 2.35. The number of amides is 3. The fraction of sp³-hybridized carbons (Fsp3) is 0.304. The van der Waals surface area contributed by atoms with Crippen LogP contribution < -0.4 is 16.0 Å². The zero-order chi connectivity index (χ0) is 24.7. The number of carbonyl (C=O) groups is 4. The lowest BCUT2D eigenvalue weighted by Crippen LogP contribution is -2.63. The molecule has 3 rings (SSSR count). The first-order chi connectivity index (χ1) is 16.3. The maximum absolute atomic E-state index is 12.6. The number of carbonyl (C=O) groups excluding carboxylic acids is 4. The number of para-hydroxylation sites is 1. The van der Waals surface area contributed by atoms with E-state index in [1.165, 1.54) is 18.2 Å². The minimum absolute atomic E-state index is 0.183. The Morgan fingerprint density at radius 3 is 2.32 bits per heavy atom. The summed E-state index contributed by atoms with van der Waals surface area (Å²) in [5, 5.41) is 18.9. The van der Waals surface area contributed by atoms with E-state index in [0.29, 0.717) is 6.42 Å². The van der Waals surface area contributed by atoms with E-state index < -0.39 is 53.2 Å². The van der Waals surface area contributed by atoms with Gasteiger partial charge in [0.2, 0.25) is 17.7 Å². The zero-order valence-electron chi connectivity index (χ0n) is 18.4. The first-order valence-electron chi connectivity index (χ1n) is 10.5. The van der Waals surface area contributed by atoms with Gasteiger partial charge < -0.3 is 20.7 Å². The van der Waals surface area contributed by atoms with E-state index >= 15 is 0 Å². The number of hydrogen-bond donors (Lipinski definition) is 3. The molecule has 1 aliphatic heterocycles. The van der Waals surface area contributed by atoms with Crippen LogP contribution in [-0.2, 0) is 36.8 Å². The molecule has 0 radical (unpaired) electrons. The third-order valence-corrected chi connectivity index (χ3v) is 5.37. The summed E-state index contributed by atoms with van der Waals surface area (Å²) in [5.41, 5.74) is 0.903. The highest BCUT2D eigenvalue weighted by molar-refractivity contribution is 5.99. The number of nitro groups is 1. The average molecular weight is 468 g/mol. The van der Waals surface area contributed by atoms with Crippen molar-refractivity contribution in [2.45, 2.75) is 37.4 Å². The molecular weight excluding hydrogens is 444 g/mol. The van der Waals surface area contributed by atoms with Gasteiger partial charge in [0.15, 0.2) is 0 Å². The van der Waals surface area contributed by atoms with E-state index in [0.717, 1.165) is 12.7 Å². The number of methoxy groups -OCH3 is 1. The Morgan fingerprint density at radius 2 is 1.65 bits per heavy atom. The Morgan fingerprint density at radius 1 is 1.03 bits per heavy atom. The second-order valence-corrected chi connectivity index (χ2v) is 7.75. The average Bonchev–Trinajstić information content (AvgIpc) is 2.82. The molecule has 0 spiro atoms. The summed E-state index contributed by atoms with van der Waals surface area (Å²) < 4.78 is 4.71. The number of ether oxygens (including phenoxy) is 1. The third kappa shape index (κ3) is 6.15. The van der Waals surface area contributed by atoms with Crippen molar-refractivity contribution in [1.82, 2.24) is 16.0 Å². The van der Waals surface area contributed by atoms with Crippen molar-refractivity contribution in [2.75, 3.05) is 7.11 Å². The Hall–Kier alpha value is -4.28. The first kappa shape index (κ1) is 24.4. The lowest BCUT2D eigenvalue weighted by molar-refractivity contribution is -0.385. The molecule has 0 aromatic heterocycles. The largest absolute Gasteiger partial charge is 0.467 e. The molecule has 2 aromatic carbocycles. The maximum atomic E-state index is 12.6. The van der Waals surface area contributed by atoms with Crippen LogP contribution in [0, 0.1) is 10.1 Å². The molecule has 0 saturated carbocycles. The van der Waals surface area contributed by atoms with Crippen molar-refractivity contribution in [1.29, 1.82) is 0 Å². The van der Waals surface area contributed by atoms with Gasteiger partial charge in [-0.3, -0.25) is 24.5 Å². The second-order valence-electron chi connectivity index (χ2n) is 7.75. The van der Waals surface area contributed by atoms with Gasteiger partial charge >= 0.3 is 5.97 Å². The molecule has 11 nitrogen and oxygen atoms in total. The van der Waals surface area contributed by atoms with Crippen LogP contribution in [-0.4, -0.2) is 53.8 Å². The molecule has 2 aromatic rings. The Labute approximate surface area is 195 Å². The van der Waals surface area contributed by atoms with Crippen molar-refractivity contribution >= 4 is 29.4 Å². The molecule has 0 aliphatic carbocycles. The number of nitrogens with zero attached hydrogens (tertiary/aromatic N) is 1. The van der Waals surface area contributed by atoms with Crippen molar-refractivity contribution in [3.8, 4) is 0 Å². The van der Waals surface area contributed by atoms with Crippen LogP contribution in [0.5, 0.6) is 0 Å². The number of hydrogen-bond acceptors (Lipinski definition) is 7. The predicted octanol–water partition coefficient (Wildman–Crippen LogP) is 0.411. The fourth-order valence-corrected chi connectivity index (χ4v) is 3.67. The monoisotopic (exact) mass is 468 g/mol. The lowest BCUT2D eigenvalue weighted by Gasteiger charge is -2.29. The standard InChI is InChI=1S/C23H24N4O7/c1-34-23(31)18(12-15-9-5-6-10-19(15)27(32)33)24-20(28)13-17-22(30)25-16(21(29)26-17)11-14-7-3-2-4-8-14/h2-10,16-18H,11-13H2,1H3,(H,24,28)(H,25,30)(H,26,29)/t16-,17-,18-/m0/s1. The van der Waals surface area contributed by atoms with Crippen molar-refractivity contribution in [2.24, 2.45) is 0 Å². The van der Waals surface area contributed by atoms with Gasteiger partial charge in [0.25, 0.3) is 5.69 Å². The number of benzene rings is 2. The van der Waals surface area contributed by atoms with E-state index in [-0.39, 0.29) is 17.7 Å². The molecule has 178 valence electrons. The van der Waals surface area contributed by atoms with Crippen LogP contribution in [0.4, 0.5) is 5.69 Å². The molecule has 0 bridgehead atoms. The summed E-state index contributed by atoms with van der Waals surface area (Å²) in [4.78, 5) is 60.4. The Kier molecular flexibility index (Phi) is 7.91. The summed E-state index contributed by atoms with van der Waals surface area (Å²) in [6, 6.07) is 11.9. The van der Waals surface area contributed by atoms with E-state index in [1.54, 1.807) is 6.07 Å². The Balaban J connectivity index is 1.62. The van der Waals surface area contributed by atoms with Crippen molar-refractivity contribution in [3.05, 3.63) is 75.8 Å². The van der Waals surface area contributed by atoms with E-state index in [1.807, 2.05) is 30.3 Å². The number of rotatable bonds is 9. The van der Waals surface area contributed by atoms with Crippen LogP contribution in [0.3, 0.4) is 0 Å². The molecule has 11 heteroatoms. The van der Waals surface area contributed by atoms with Crippen molar-refractivity contribution in [3.63, 3.8) is 0 Å². The highest BCUT2D eigenvalue weighted by Crippen LogP contribution is 2.20. The summed E-state index contributed by atoms with van der Waals surface area (Å²) in [6.45, 7) is 0. The number of nitrogens with one attached hydrogen (secondary N) is 3. The van der Waals surface area contributed by atoms with Gasteiger partial charge in [-0.2, -0.15) is 0 Å². The number of piperazine rings is 1. The smallest absolute Gasteiger partial charge is 0.328 e. The van der Waals surface area contributed by atoms with Crippen LogP contribution >= 0.6 is 0 Å². The van der Waals surface area contributed by atoms with Gasteiger partial charge in [0.05, 0.1) is 18.5 Å². The molecule has 1 saturated heterocycles. The third-order valence-electron chi connectivity index (χ3n) is 5.37. The van der Waals surface area contributed by atoms with E-state index in [2.05, 4.69) is 16.0 Å². The molecule has 1 heterocycles. The van der Waals surface area contributed by atoms with Gasteiger partial charge in [-0.1, -0.05) is 48.5 Å². The summed E-state index contributed by atoms with van der Waals surface area (Å²) >= 11 is 0. The van der Waals surface area contributed by atoms with E-state index in [9.17, 15) is 29.3 Å². The normalized spacial score (nSPS) is 18.3. The fourth-order valence-electron chi connectivity index (χ4n) is 3.67. The molecule has 1 fully saturated rings. The SMILES string of the molecule is COC(=O)[C@H](Cc1ccccc1[N+](=O)[O-])NC(=O)C[C@@H]1NC(=O)[C@H](Cc2ccccc2)NC1=O. The lowest BCUT2D eigenvalue weighted by atomic mass is 10.0. The molecule has 34 heavy (non-hydrogen) atoms. The predicted molar refractivity (Wildman–Crippen MR) is 119 cm³/mol. The van der Waals surface area contributed by atoms with Crippen LogP contribution in [0.2, 0.25) is 0 Å². The summed E-state index contributed by atoms with van der Waals surface area (Å²) in [6.07, 6.45) is -0.296. The molecule has 3 N–H and O–H groups in total. The maximum Gasteiger partial charge on any atom is 0.328 e. The summed E-state index contributed by atoms with van der Waals surface area (Å²) in [7, 11) is 1.13. The van der Waals surface area contributed by atoms with Gasteiger partial charge in [0, 0.05) is 24.5 Å². The van der Waals surface area contributed by atoms with Gasteiger partial charge in [0.1, 0.15) is 18.1 Å². The quantitative estimate of drug-likeness (QED) is 0.273. The van der Waals surface area contributed by atoms with Crippen molar-refractivity contribution < 1.29 is 28.8 Å². The van der Waals surface area contributed by atoms with Crippen LogP contribution in [0.1, 0.15) is 17.5 Å². The Bertz CT molecular complexity index is 1090. The summed E-state index contributed by atoms with van der Waals surface area (Å²) in [5.74, 6) is -2.45. The molecular formula is C23H24N4O7. The van der Waals surface area contributed by atoms with E-state index in [4.69, 9.17) is 4.74 Å². The molecule has 0 unspecified atom stereocenters. The van der Waals surface area contributed by atoms with Crippen LogP contribution in [0.25, 0.3) is 0 Å². The van der Waals surface area contributed by atoms with Gasteiger partial charge in [-0.15, -0.1) is 0 Å². The zero-order valence-corrected chi connectivity index (χ0v) is 18.4. The minimum atomic E-state index is -1.22. The van der Waals surface area contributed by atoms with Gasteiger partial charge in [-0.05, 0) is 5.56 Å². The topological polar surface area (TPSA) is 157 Å². The molecule has 1 aliphatic rings. The first-order valence-corrected chi connectivity index (χ1v) is 10.5. The minimum Gasteiger partial charge on any atom is -0.467 e. The highest BCUT2D eigenvalue weighted by atomic mass is 16.6. The van der Waals surface area contributed by atoms with Crippen LogP contribution in [0.15, 0.2) is 54.6 Å². The number of esters is 1. The van der Waals surface area contributed by atoms with Gasteiger partial charge in [-0.25, -0.2) is 4.79 Å². The second kappa shape index (κ2) is 11.0. The molecule has 3 amide bonds.